The summed E-state index contributed by atoms with van der Waals surface area (Å²) in [6.45, 7) is 5.97. The Morgan fingerprint density at radius 1 is 1.43 bits per heavy atom. The highest BCUT2D eigenvalue weighted by atomic mass is 35.5. The van der Waals surface area contributed by atoms with E-state index < -0.39 is 5.91 Å². The minimum absolute atomic E-state index is 0. The van der Waals surface area contributed by atoms with Crippen LogP contribution in [0.4, 0.5) is 0 Å². The van der Waals surface area contributed by atoms with Gasteiger partial charge in [0.05, 0.1) is 18.7 Å². The zero-order valence-electron chi connectivity index (χ0n) is 12.5. The second kappa shape index (κ2) is 9.71. The van der Waals surface area contributed by atoms with Crippen LogP contribution in [0.15, 0.2) is 12.1 Å². The minimum atomic E-state index is -0.558. The van der Waals surface area contributed by atoms with E-state index in [4.69, 9.17) is 26.8 Å². The highest BCUT2D eigenvalue weighted by molar-refractivity contribution is 6.32. The van der Waals surface area contributed by atoms with E-state index in [0.29, 0.717) is 22.4 Å². The molecule has 1 rings (SSSR count). The fourth-order valence-corrected chi connectivity index (χ4v) is 2.05. The minimum Gasteiger partial charge on any atom is -1.00 e. The number of rotatable bonds is 8. The highest BCUT2D eigenvalue weighted by Crippen LogP contribution is 2.36. The number of benzene rings is 1. The second-order valence-electron chi connectivity index (χ2n) is 4.99. The van der Waals surface area contributed by atoms with Gasteiger partial charge in [-0.3, -0.25) is 4.79 Å². The number of hydrogen-bond acceptors (Lipinski definition) is 3. The van der Waals surface area contributed by atoms with E-state index in [2.05, 4.69) is 19.2 Å². The maximum Gasteiger partial charge on any atom is 0.255 e. The van der Waals surface area contributed by atoms with Crippen molar-refractivity contribution in [1.82, 2.24) is 0 Å². The molecule has 0 radical (unpaired) electrons. The molecule has 0 fully saturated rings. The third-order valence-electron chi connectivity index (χ3n) is 2.67. The molecule has 120 valence electrons. The van der Waals surface area contributed by atoms with Gasteiger partial charge in [-0.05, 0) is 12.1 Å². The van der Waals surface area contributed by atoms with Gasteiger partial charge in [-0.25, -0.2) is 0 Å². The molecule has 0 aliphatic carbocycles. The average molecular weight is 337 g/mol. The molecule has 5 nitrogen and oxygen atoms in total. The summed E-state index contributed by atoms with van der Waals surface area (Å²) in [5.41, 5.74) is 6.09. The van der Waals surface area contributed by atoms with E-state index in [1.807, 2.05) is 12.1 Å². The smallest absolute Gasteiger partial charge is 0.255 e. The lowest BCUT2D eigenvalue weighted by atomic mass is 10.1. The molecule has 0 atom stereocenters. The number of halogens is 2. The standard InChI is InChI=1S/C14H21ClN2O3.ClH/c1-9(2)6-17-7-10-4-11(15)14(12(5-10)19-3)20-8-13(16)18;/h4-5,9,17H,6-8H2,1-3H3,(H2,16,18);1H. The zero-order chi connectivity index (χ0) is 15.1. The summed E-state index contributed by atoms with van der Waals surface area (Å²) < 4.78 is 10.5. The Labute approximate surface area is 136 Å². The predicted octanol–water partition coefficient (Wildman–Crippen LogP) is -2.06. The molecule has 0 saturated carbocycles. The fraction of sp³-hybridized carbons (Fsp3) is 0.500. The zero-order valence-corrected chi connectivity index (χ0v) is 14.0. The first kappa shape index (κ1) is 19.8. The van der Waals surface area contributed by atoms with Crippen molar-refractivity contribution in [3.63, 3.8) is 0 Å². The van der Waals surface area contributed by atoms with Gasteiger partial charge in [0.1, 0.15) is 6.54 Å². The number of nitrogens with two attached hydrogens (primary N) is 2. The number of methoxy groups -OCH3 is 1. The molecule has 0 heterocycles. The number of primary amides is 1. The monoisotopic (exact) mass is 336 g/mol. The van der Waals surface area contributed by atoms with Crippen molar-refractivity contribution in [3.8, 4) is 11.5 Å². The first-order valence-corrected chi connectivity index (χ1v) is 6.91. The Morgan fingerprint density at radius 3 is 2.62 bits per heavy atom. The fourth-order valence-electron chi connectivity index (χ4n) is 1.76. The average Bonchev–Trinajstić information content (AvgIpc) is 2.36. The van der Waals surface area contributed by atoms with E-state index in [0.717, 1.165) is 18.7 Å². The van der Waals surface area contributed by atoms with E-state index >= 15 is 0 Å². The summed E-state index contributed by atoms with van der Waals surface area (Å²) in [5.74, 6) is 0.926. The van der Waals surface area contributed by atoms with Crippen LogP contribution in [0.25, 0.3) is 0 Å². The van der Waals surface area contributed by atoms with Crippen molar-refractivity contribution in [2.75, 3.05) is 20.3 Å². The molecule has 0 saturated heterocycles. The summed E-state index contributed by atoms with van der Waals surface area (Å²) in [6, 6.07) is 3.68. The van der Waals surface area contributed by atoms with Crippen LogP contribution in [0.1, 0.15) is 19.4 Å². The molecule has 1 amide bonds. The Kier molecular flexibility index (Phi) is 9.17. The van der Waals surface area contributed by atoms with E-state index in [1.54, 1.807) is 0 Å². The first-order chi connectivity index (χ1) is 9.43. The van der Waals surface area contributed by atoms with Crippen molar-refractivity contribution in [2.24, 2.45) is 11.7 Å². The lowest BCUT2D eigenvalue weighted by Crippen LogP contribution is -3.00. The highest BCUT2D eigenvalue weighted by Gasteiger charge is 2.13. The van der Waals surface area contributed by atoms with Crippen LogP contribution in [0.5, 0.6) is 11.5 Å². The number of ether oxygens (including phenoxy) is 2. The summed E-state index contributed by atoms with van der Waals surface area (Å²) in [7, 11) is 1.53. The molecule has 0 unspecified atom stereocenters. The maximum atomic E-state index is 10.8. The Morgan fingerprint density at radius 2 is 2.10 bits per heavy atom. The van der Waals surface area contributed by atoms with Gasteiger partial charge >= 0.3 is 0 Å². The van der Waals surface area contributed by atoms with Gasteiger partial charge in [0.2, 0.25) is 0 Å². The van der Waals surface area contributed by atoms with Crippen LogP contribution >= 0.6 is 11.6 Å². The van der Waals surface area contributed by atoms with Gasteiger partial charge in [-0.15, -0.1) is 0 Å². The number of quaternary nitrogens is 1. The molecule has 1 aromatic rings. The Bertz CT molecular complexity index is 468. The molecule has 0 aromatic heterocycles. The number of hydrogen-bond donors (Lipinski definition) is 2. The maximum absolute atomic E-state index is 10.8. The van der Waals surface area contributed by atoms with Gasteiger partial charge in [0, 0.05) is 11.5 Å². The van der Waals surface area contributed by atoms with Gasteiger partial charge in [0.15, 0.2) is 18.1 Å². The van der Waals surface area contributed by atoms with Gasteiger partial charge in [-0.1, -0.05) is 25.4 Å². The van der Waals surface area contributed by atoms with Crippen molar-refractivity contribution >= 4 is 17.5 Å². The number of carbonyl (C=O) groups excluding carboxylic acids is 1. The third kappa shape index (κ3) is 6.89. The SMILES string of the molecule is COc1cc(C[NH2+]CC(C)C)cc(Cl)c1OCC(N)=O.[Cl-]. The third-order valence-corrected chi connectivity index (χ3v) is 2.95. The van der Waals surface area contributed by atoms with Crippen LogP contribution in [0.2, 0.25) is 5.02 Å². The van der Waals surface area contributed by atoms with Crippen LogP contribution in [0.3, 0.4) is 0 Å². The number of amides is 1. The van der Waals surface area contributed by atoms with Crippen molar-refractivity contribution < 1.29 is 32.0 Å². The molecule has 0 bridgehead atoms. The molecular weight excluding hydrogens is 315 g/mol. The Hall–Kier alpha value is -1.17. The Balaban J connectivity index is 0.00000400. The topological polar surface area (TPSA) is 78.2 Å². The van der Waals surface area contributed by atoms with Gasteiger partial charge in [0.25, 0.3) is 5.91 Å². The van der Waals surface area contributed by atoms with Crippen LogP contribution in [-0.2, 0) is 11.3 Å². The lowest BCUT2D eigenvalue weighted by molar-refractivity contribution is -0.675. The first-order valence-electron chi connectivity index (χ1n) is 6.53. The lowest BCUT2D eigenvalue weighted by Gasteiger charge is -2.13. The van der Waals surface area contributed by atoms with Crippen molar-refractivity contribution in [2.45, 2.75) is 20.4 Å². The molecule has 0 aliphatic rings. The van der Waals surface area contributed by atoms with Gasteiger partial charge < -0.3 is 32.9 Å². The molecule has 0 spiro atoms. The molecule has 21 heavy (non-hydrogen) atoms. The van der Waals surface area contributed by atoms with Crippen molar-refractivity contribution in [1.29, 1.82) is 0 Å². The van der Waals surface area contributed by atoms with Gasteiger partial charge in [-0.2, -0.15) is 0 Å². The quantitative estimate of drug-likeness (QED) is 0.573. The molecule has 1 aromatic carbocycles. The van der Waals surface area contributed by atoms with E-state index in [1.165, 1.54) is 7.11 Å². The van der Waals surface area contributed by atoms with Crippen LogP contribution < -0.4 is 32.9 Å². The molecular formula is C14H22Cl2N2O3. The van der Waals surface area contributed by atoms with E-state index in [9.17, 15) is 4.79 Å². The molecule has 7 heteroatoms. The molecule has 0 aliphatic heterocycles. The summed E-state index contributed by atoms with van der Waals surface area (Å²) in [4.78, 5) is 10.8. The van der Waals surface area contributed by atoms with Crippen molar-refractivity contribution in [3.05, 3.63) is 22.7 Å². The van der Waals surface area contributed by atoms with Crippen LogP contribution in [0, 0.1) is 5.92 Å². The number of carbonyl (C=O) groups is 1. The molecule has 4 N–H and O–H groups in total. The largest absolute Gasteiger partial charge is 1.00 e. The van der Waals surface area contributed by atoms with E-state index in [-0.39, 0.29) is 19.0 Å². The summed E-state index contributed by atoms with van der Waals surface area (Å²) in [5, 5.41) is 2.62. The second-order valence-corrected chi connectivity index (χ2v) is 5.39. The summed E-state index contributed by atoms with van der Waals surface area (Å²) >= 11 is 6.17. The predicted molar refractivity (Wildman–Crippen MR) is 78.0 cm³/mol. The normalized spacial score (nSPS) is 10.1. The van der Waals surface area contributed by atoms with Crippen LogP contribution in [-0.4, -0.2) is 26.2 Å². The summed E-state index contributed by atoms with van der Waals surface area (Å²) in [6.07, 6.45) is 0.